The van der Waals surface area contributed by atoms with E-state index in [1.165, 1.54) is 37.9 Å². The maximum atomic E-state index is 9.60. The number of nitriles is 1. The summed E-state index contributed by atoms with van der Waals surface area (Å²) in [6.45, 7) is 4.08. The van der Waals surface area contributed by atoms with E-state index >= 15 is 0 Å². The molecule has 1 aliphatic carbocycles. The number of nitrogens with one attached hydrogen (secondary N) is 1. The van der Waals surface area contributed by atoms with Crippen LogP contribution in [0.25, 0.3) is 0 Å². The van der Waals surface area contributed by atoms with Crippen molar-refractivity contribution in [2.24, 2.45) is 5.92 Å². The van der Waals surface area contributed by atoms with E-state index in [9.17, 15) is 5.26 Å². The number of ether oxygens (including phenoxy) is 1. The van der Waals surface area contributed by atoms with E-state index in [0.29, 0.717) is 12.0 Å². The molecule has 1 aliphatic heterocycles. The quantitative estimate of drug-likeness (QED) is 0.698. The van der Waals surface area contributed by atoms with Crippen molar-refractivity contribution < 1.29 is 4.74 Å². The monoisotopic (exact) mass is 296 g/mol. The third-order valence-electron chi connectivity index (χ3n) is 4.65. The molecule has 3 atom stereocenters. The molecule has 0 amide bonds. The Kier molecular flexibility index (Phi) is 6.67. The molecule has 1 heterocycles. The van der Waals surface area contributed by atoms with Gasteiger partial charge in [0.25, 0.3) is 0 Å². The van der Waals surface area contributed by atoms with Gasteiger partial charge in [0.2, 0.25) is 0 Å². The third kappa shape index (κ3) is 4.13. The van der Waals surface area contributed by atoms with Crippen LogP contribution in [0.4, 0.5) is 0 Å². The highest BCUT2D eigenvalue weighted by atomic mass is 32.2. The van der Waals surface area contributed by atoms with Gasteiger partial charge in [0, 0.05) is 12.4 Å². The molecule has 1 saturated heterocycles. The van der Waals surface area contributed by atoms with Crippen LogP contribution in [0, 0.1) is 17.2 Å². The Bertz CT molecular complexity index is 325. The van der Waals surface area contributed by atoms with Gasteiger partial charge in [0.1, 0.15) is 5.54 Å². The molecular weight excluding hydrogens is 268 g/mol. The van der Waals surface area contributed by atoms with Crippen LogP contribution in [-0.2, 0) is 4.74 Å². The summed E-state index contributed by atoms with van der Waals surface area (Å²) in [7, 11) is 0. The zero-order valence-corrected chi connectivity index (χ0v) is 13.5. The number of nitrogens with zero attached hydrogens (tertiary/aromatic N) is 1. The Morgan fingerprint density at radius 1 is 1.40 bits per heavy atom. The van der Waals surface area contributed by atoms with Crippen LogP contribution < -0.4 is 5.32 Å². The van der Waals surface area contributed by atoms with Gasteiger partial charge in [-0.15, -0.1) is 0 Å². The zero-order valence-electron chi connectivity index (χ0n) is 12.7. The van der Waals surface area contributed by atoms with Crippen LogP contribution >= 0.6 is 11.8 Å². The summed E-state index contributed by atoms with van der Waals surface area (Å²) in [4.78, 5) is 0. The third-order valence-corrected chi connectivity index (χ3v) is 5.78. The molecule has 20 heavy (non-hydrogen) atoms. The Hall–Kier alpha value is -0.240. The van der Waals surface area contributed by atoms with Crippen molar-refractivity contribution >= 4 is 11.8 Å². The topological polar surface area (TPSA) is 45.0 Å². The lowest BCUT2D eigenvalue weighted by molar-refractivity contribution is 0.129. The van der Waals surface area contributed by atoms with E-state index in [-0.39, 0.29) is 5.54 Å². The van der Waals surface area contributed by atoms with Crippen LogP contribution in [0.3, 0.4) is 0 Å². The Balaban J connectivity index is 1.71. The first kappa shape index (κ1) is 16.1. The van der Waals surface area contributed by atoms with Gasteiger partial charge in [-0.1, -0.05) is 13.3 Å². The molecule has 0 spiro atoms. The Morgan fingerprint density at radius 2 is 2.30 bits per heavy atom. The van der Waals surface area contributed by atoms with Gasteiger partial charge < -0.3 is 4.74 Å². The molecular formula is C16H28N2OS. The van der Waals surface area contributed by atoms with E-state index in [0.717, 1.165) is 31.7 Å². The first-order valence-electron chi connectivity index (χ1n) is 8.16. The first-order valence-corrected chi connectivity index (χ1v) is 9.32. The van der Waals surface area contributed by atoms with Gasteiger partial charge in [-0.05, 0) is 56.7 Å². The van der Waals surface area contributed by atoms with Crippen LogP contribution in [0.1, 0.15) is 51.9 Å². The first-order chi connectivity index (χ1) is 9.80. The molecule has 4 heteroatoms. The van der Waals surface area contributed by atoms with Crippen LogP contribution in [0.15, 0.2) is 0 Å². The standard InChI is InChI=1S/C16H28N2OS/c1-2-9-18-16(13-17)8-3-5-14(16)7-11-20-12-15-6-4-10-19-15/h14-15,18H,2-12H2,1H3. The molecule has 0 aromatic heterocycles. The van der Waals surface area contributed by atoms with Crippen molar-refractivity contribution in [2.45, 2.75) is 63.5 Å². The Labute approximate surface area is 127 Å². The van der Waals surface area contributed by atoms with Crippen molar-refractivity contribution in [3.8, 4) is 6.07 Å². The number of hydrogen-bond acceptors (Lipinski definition) is 4. The lowest BCUT2D eigenvalue weighted by Gasteiger charge is -2.30. The predicted molar refractivity (Wildman–Crippen MR) is 84.9 cm³/mol. The highest BCUT2D eigenvalue weighted by Gasteiger charge is 2.42. The summed E-state index contributed by atoms with van der Waals surface area (Å²) in [5.41, 5.74) is -0.236. The van der Waals surface area contributed by atoms with E-state index in [2.05, 4.69) is 18.3 Å². The average molecular weight is 296 g/mol. The molecule has 2 aliphatic rings. The van der Waals surface area contributed by atoms with Crippen molar-refractivity contribution in [3.63, 3.8) is 0 Å². The second-order valence-corrected chi connectivity index (χ2v) is 7.25. The molecule has 0 aromatic rings. The van der Waals surface area contributed by atoms with Crippen molar-refractivity contribution in [1.29, 1.82) is 5.26 Å². The smallest absolute Gasteiger partial charge is 0.109 e. The van der Waals surface area contributed by atoms with Crippen molar-refractivity contribution in [3.05, 3.63) is 0 Å². The number of rotatable bonds is 8. The van der Waals surface area contributed by atoms with Gasteiger partial charge in [0.15, 0.2) is 0 Å². The molecule has 3 nitrogen and oxygen atoms in total. The van der Waals surface area contributed by atoms with Gasteiger partial charge in [-0.3, -0.25) is 5.32 Å². The fraction of sp³-hybridized carbons (Fsp3) is 0.938. The highest BCUT2D eigenvalue weighted by Crippen LogP contribution is 2.38. The molecule has 1 N–H and O–H groups in total. The van der Waals surface area contributed by atoms with Crippen LogP contribution in [0.5, 0.6) is 0 Å². The fourth-order valence-electron chi connectivity index (χ4n) is 3.45. The van der Waals surface area contributed by atoms with Gasteiger partial charge in [0.05, 0.1) is 12.2 Å². The maximum absolute atomic E-state index is 9.60. The van der Waals surface area contributed by atoms with E-state index in [1.54, 1.807) is 0 Å². The number of hydrogen-bond donors (Lipinski definition) is 1. The fourth-order valence-corrected chi connectivity index (χ4v) is 4.60. The molecule has 1 saturated carbocycles. The summed E-state index contributed by atoms with van der Waals surface area (Å²) in [5.74, 6) is 2.84. The zero-order chi connectivity index (χ0) is 14.3. The second-order valence-electron chi connectivity index (χ2n) is 6.10. The Morgan fingerprint density at radius 3 is 3.00 bits per heavy atom. The molecule has 0 aromatic carbocycles. The van der Waals surface area contributed by atoms with Crippen molar-refractivity contribution in [2.75, 3.05) is 24.7 Å². The average Bonchev–Trinajstić information content (AvgIpc) is 3.11. The minimum Gasteiger partial charge on any atom is -0.377 e. The van der Waals surface area contributed by atoms with E-state index in [4.69, 9.17) is 4.74 Å². The summed E-state index contributed by atoms with van der Waals surface area (Å²) in [5, 5.41) is 13.1. The van der Waals surface area contributed by atoms with Crippen LogP contribution in [-0.4, -0.2) is 36.3 Å². The summed E-state index contributed by atoms with van der Waals surface area (Å²) < 4.78 is 5.65. The summed E-state index contributed by atoms with van der Waals surface area (Å²) in [6.07, 6.45) is 8.66. The normalized spacial score (nSPS) is 33.4. The maximum Gasteiger partial charge on any atom is 0.109 e. The second kappa shape index (κ2) is 8.26. The SMILES string of the molecule is CCCNC1(C#N)CCCC1CCSCC1CCCO1. The molecule has 114 valence electrons. The number of thioether (sulfide) groups is 1. The van der Waals surface area contributed by atoms with Gasteiger partial charge >= 0.3 is 0 Å². The lowest BCUT2D eigenvalue weighted by atomic mass is 9.86. The summed E-state index contributed by atoms with van der Waals surface area (Å²) >= 11 is 2.01. The minimum absolute atomic E-state index is 0.236. The summed E-state index contributed by atoms with van der Waals surface area (Å²) in [6, 6.07) is 2.60. The van der Waals surface area contributed by atoms with E-state index < -0.39 is 0 Å². The molecule has 2 fully saturated rings. The largest absolute Gasteiger partial charge is 0.377 e. The molecule has 0 bridgehead atoms. The minimum atomic E-state index is -0.236. The lowest BCUT2D eigenvalue weighted by Crippen LogP contribution is -2.47. The highest BCUT2D eigenvalue weighted by molar-refractivity contribution is 7.99. The van der Waals surface area contributed by atoms with E-state index in [1.807, 2.05) is 11.8 Å². The molecule has 2 rings (SSSR count). The molecule has 3 unspecified atom stereocenters. The molecule has 0 radical (unpaired) electrons. The van der Waals surface area contributed by atoms with Crippen molar-refractivity contribution in [1.82, 2.24) is 5.32 Å². The predicted octanol–water partition coefficient (Wildman–Crippen LogP) is 3.35. The van der Waals surface area contributed by atoms with Crippen LogP contribution in [0.2, 0.25) is 0 Å². The van der Waals surface area contributed by atoms with Gasteiger partial charge in [-0.2, -0.15) is 17.0 Å². The van der Waals surface area contributed by atoms with Gasteiger partial charge in [-0.25, -0.2) is 0 Å².